The molecule has 0 atom stereocenters. The zero-order valence-electron chi connectivity index (χ0n) is 8.23. The van der Waals surface area contributed by atoms with Crippen LogP contribution < -0.4 is 10.6 Å². The van der Waals surface area contributed by atoms with E-state index in [-0.39, 0.29) is 11.4 Å². The third-order valence-electron chi connectivity index (χ3n) is 3.56. The lowest BCUT2D eigenvalue weighted by atomic mass is 9.75. The van der Waals surface area contributed by atoms with Crippen LogP contribution in [0.2, 0.25) is 0 Å². The van der Waals surface area contributed by atoms with Gasteiger partial charge in [-0.25, -0.2) is 0 Å². The van der Waals surface area contributed by atoms with Crippen LogP contribution in [0, 0.1) is 0 Å². The van der Waals surface area contributed by atoms with Crippen molar-refractivity contribution in [3.8, 4) is 0 Å². The van der Waals surface area contributed by atoms with E-state index in [1.165, 1.54) is 25.7 Å². The molecule has 2 aliphatic rings. The van der Waals surface area contributed by atoms with Crippen molar-refractivity contribution in [2.45, 2.75) is 50.1 Å². The maximum Gasteiger partial charge on any atom is 0.240 e. The summed E-state index contributed by atoms with van der Waals surface area (Å²) in [6, 6.07) is 0.471. The zero-order valence-corrected chi connectivity index (χ0v) is 8.23. The van der Waals surface area contributed by atoms with Gasteiger partial charge in [-0.3, -0.25) is 4.79 Å². The average molecular weight is 182 g/mol. The fraction of sp³-hybridized carbons (Fsp3) is 0.900. The molecule has 0 saturated heterocycles. The second-order valence-electron chi connectivity index (χ2n) is 4.29. The molecule has 2 rings (SSSR count). The van der Waals surface area contributed by atoms with Gasteiger partial charge in [0.05, 0.1) is 5.54 Å². The van der Waals surface area contributed by atoms with Gasteiger partial charge in [-0.1, -0.05) is 0 Å². The van der Waals surface area contributed by atoms with Gasteiger partial charge in [0.1, 0.15) is 0 Å². The number of rotatable bonds is 3. The van der Waals surface area contributed by atoms with Gasteiger partial charge in [0.25, 0.3) is 0 Å². The molecule has 0 aromatic carbocycles. The van der Waals surface area contributed by atoms with Gasteiger partial charge in [-0.05, 0) is 45.6 Å². The molecule has 0 aromatic heterocycles. The first kappa shape index (κ1) is 9.00. The SMILES string of the molecule is CNC1(C(=O)NC2CCC2)CCC1. The molecule has 0 heterocycles. The monoisotopic (exact) mass is 182 g/mol. The maximum absolute atomic E-state index is 11.8. The Morgan fingerprint density at radius 3 is 2.31 bits per heavy atom. The summed E-state index contributed by atoms with van der Waals surface area (Å²) in [4.78, 5) is 11.8. The van der Waals surface area contributed by atoms with Gasteiger partial charge in [0.15, 0.2) is 0 Å². The van der Waals surface area contributed by atoms with Crippen molar-refractivity contribution < 1.29 is 4.79 Å². The van der Waals surface area contributed by atoms with Crippen LogP contribution in [0.15, 0.2) is 0 Å². The third kappa shape index (κ3) is 1.46. The summed E-state index contributed by atoms with van der Waals surface area (Å²) >= 11 is 0. The molecule has 1 amide bonds. The van der Waals surface area contributed by atoms with E-state index < -0.39 is 0 Å². The van der Waals surface area contributed by atoms with E-state index in [4.69, 9.17) is 0 Å². The van der Waals surface area contributed by atoms with Gasteiger partial charge in [0, 0.05) is 6.04 Å². The maximum atomic E-state index is 11.8. The quantitative estimate of drug-likeness (QED) is 0.677. The van der Waals surface area contributed by atoms with Crippen molar-refractivity contribution >= 4 is 5.91 Å². The molecule has 74 valence electrons. The number of hydrogen-bond acceptors (Lipinski definition) is 2. The Hall–Kier alpha value is -0.570. The fourth-order valence-electron chi connectivity index (χ4n) is 2.00. The highest BCUT2D eigenvalue weighted by atomic mass is 16.2. The summed E-state index contributed by atoms with van der Waals surface area (Å²) < 4.78 is 0. The number of amides is 1. The molecule has 0 aromatic rings. The van der Waals surface area contributed by atoms with E-state index in [9.17, 15) is 4.79 Å². The Morgan fingerprint density at radius 1 is 1.31 bits per heavy atom. The van der Waals surface area contributed by atoms with E-state index >= 15 is 0 Å². The Morgan fingerprint density at radius 2 is 2.00 bits per heavy atom. The molecule has 0 unspecified atom stereocenters. The molecular formula is C10H18N2O. The summed E-state index contributed by atoms with van der Waals surface area (Å²) in [6.45, 7) is 0. The smallest absolute Gasteiger partial charge is 0.240 e. The number of carbonyl (C=O) groups is 1. The van der Waals surface area contributed by atoms with Crippen LogP contribution >= 0.6 is 0 Å². The Kier molecular flexibility index (Phi) is 2.28. The van der Waals surface area contributed by atoms with Crippen LogP contribution in [0.4, 0.5) is 0 Å². The highest BCUT2D eigenvalue weighted by Gasteiger charge is 2.43. The first-order valence-corrected chi connectivity index (χ1v) is 5.27. The van der Waals surface area contributed by atoms with E-state index in [1.807, 2.05) is 7.05 Å². The number of nitrogens with one attached hydrogen (secondary N) is 2. The van der Waals surface area contributed by atoms with Gasteiger partial charge < -0.3 is 10.6 Å². The van der Waals surface area contributed by atoms with Gasteiger partial charge >= 0.3 is 0 Å². The Bertz CT molecular complexity index is 201. The first-order chi connectivity index (χ1) is 6.27. The van der Waals surface area contributed by atoms with Crippen molar-refractivity contribution in [3.63, 3.8) is 0 Å². The summed E-state index contributed by atoms with van der Waals surface area (Å²) in [7, 11) is 1.89. The summed E-state index contributed by atoms with van der Waals surface area (Å²) in [6.07, 6.45) is 6.80. The molecule has 3 heteroatoms. The first-order valence-electron chi connectivity index (χ1n) is 5.27. The normalized spacial score (nSPS) is 25.9. The molecule has 0 spiro atoms. The van der Waals surface area contributed by atoms with Crippen LogP contribution in [0.25, 0.3) is 0 Å². The van der Waals surface area contributed by atoms with E-state index in [0.29, 0.717) is 6.04 Å². The van der Waals surface area contributed by atoms with Crippen molar-refractivity contribution in [2.24, 2.45) is 0 Å². The Balaban J connectivity index is 1.87. The van der Waals surface area contributed by atoms with E-state index in [2.05, 4.69) is 10.6 Å². The minimum Gasteiger partial charge on any atom is -0.352 e. The molecule has 0 bridgehead atoms. The largest absolute Gasteiger partial charge is 0.352 e. The molecule has 2 saturated carbocycles. The predicted molar refractivity (Wildman–Crippen MR) is 51.4 cm³/mol. The lowest BCUT2D eigenvalue weighted by Crippen LogP contribution is -2.62. The third-order valence-corrected chi connectivity index (χ3v) is 3.56. The van der Waals surface area contributed by atoms with Crippen LogP contribution in [0.3, 0.4) is 0 Å². The van der Waals surface area contributed by atoms with E-state index in [1.54, 1.807) is 0 Å². The molecule has 0 radical (unpaired) electrons. The second kappa shape index (κ2) is 3.29. The van der Waals surface area contributed by atoms with Crippen molar-refractivity contribution in [2.75, 3.05) is 7.05 Å². The minimum atomic E-state index is -0.213. The molecule has 0 aliphatic heterocycles. The highest BCUT2D eigenvalue weighted by molar-refractivity contribution is 5.87. The molecule has 13 heavy (non-hydrogen) atoms. The van der Waals surface area contributed by atoms with Crippen LogP contribution in [0.1, 0.15) is 38.5 Å². The summed E-state index contributed by atoms with van der Waals surface area (Å²) in [5.41, 5.74) is -0.213. The number of hydrogen-bond donors (Lipinski definition) is 2. The van der Waals surface area contributed by atoms with Crippen molar-refractivity contribution in [1.29, 1.82) is 0 Å². The number of carbonyl (C=O) groups excluding carboxylic acids is 1. The average Bonchev–Trinajstić information content (AvgIpc) is 1.96. The highest BCUT2D eigenvalue weighted by Crippen LogP contribution is 2.32. The molecule has 2 N–H and O–H groups in total. The van der Waals surface area contributed by atoms with E-state index in [0.717, 1.165) is 12.8 Å². The van der Waals surface area contributed by atoms with Gasteiger partial charge in [-0.2, -0.15) is 0 Å². The minimum absolute atomic E-state index is 0.213. The topological polar surface area (TPSA) is 41.1 Å². The fourth-order valence-corrected chi connectivity index (χ4v) is 2.00. The van der Waals surface area contributed by atoms with Gasteiger partial charge in [0.2, 0.25) is 5.91 Å². The lowest BCUT2D eigenvalue weighted by Gasteiger charge is -2.42. The van der Waals surface area contributed by atoms with Crippen LogP contribution in [-0.4, -0.2) is 24.5 Å². The predicted octanol–water partition coefficient (Wildman–Crippen LogP) is 0.797. The molecule has 2 fully saturated rings. The van der Waals surface area contributed by atoms with Crippen LogP contribution in [0.5, 0.6) is 0 Å². The standard InChI is InChI=1S/C10H18N2O/c1-11-10(6-3-7-10)9(13)12-8-4-2-5-8/h8,11H,2-7H2,1H3,(H,12,13). The number of likely N-dealkylation sites (N-methyl/N-ethyl adjacent to an activating group) is 1. The molecule has 3 nitrogen and oxygen atoms in total. The summed E-state index contributed by atoms with van der Waals surface area (Å²) in [5, 5.41) is 6.26. The molecular weight excluding hydrogens is 164 g/mol. The second-order valence-corrected chi connectivity index (χ2v) is 4.29. The van der Waals surface area contributed by atoms with Crippen LogP contribution in [-0.2, 0) is 4.79 Å². The molecule has 2 aliphatic carbocycles. The zero-order chi connectivity index (χ0) is 9.31. The van der Waals surface area contributed by atoms with Crippen molar-refractivity contribution in [3.05, 3.63) is 0 Å². The van der Waals surface area contributed by atoms with Gasteiger partial charge in [-0.15, -0.1) is 0 Å². The van der Waals surface area contributed by atoms with Crippen molar-refractivity contribution in [1.82, 2.24) is 10.6 Å². The lowest BCUT2D eigenvalue weighted by molar-refractivity contribution is -0.132. The summed E-state index contributed by atoms with van der Waals surface area (Å²) in [5.74, 6) is 0.228. The Labute approximate surface area is 79.3 Å².